The van der Waals surface area contributed by atoms with E-state index in [1.807, 2.05) is 4.90 Å². The van der Waals surface area contributed by atoms with Gasteiger partial charge in [-0.1, -0.05) is 22.0 Å². The van der Waals surface area contributed by atoms with E-state index in [1.165, 1.54) is 6.07 Å². The molecule has 1 aromatic heterocycles. The predicted octanol–water partition coefficient (Wildman–Crippen LogP) is 3.07. The molecule has 1 saturated heterocycles. The molecule has 1 atom stereocenters. The molecule has 1 fully saturated rings. The molecule has 0 saturated carbocycles. The third-order valence-corrected chi connectivity index (χ3v) is 3.23. The first-order valence-electron chi connectivity index (χ1n) is 4.90. The molecule has 88 valence electrons. The van der Waals surface area contributed by atoms with Gasteiger partial charge in [0.2, 0.25) is 0 Å². The van der Waals surface area contributed by atoms with Crippen molar-refractivity contribution in [2.45, 2.75) is 17.4 Å². The summed E-state index contributed by atoms with van der Waals surface area (Å²) in [5.74, 6) is 0.400. The number of nitrogens with zero attached hydrogens (tertiary/aromatic N) is 2. The quantitative estimate of drug-likeness (QED) is 0.740. The van der Waals surface area contributed by atoms with Gasteiger partial charge in [0.25, 0.3) is 0 Å². The van der Waals surface area contributed by atoms with Crippen molar-refractivity contribution in [3.63, 3.8) is 0 Å². The van der Waals surface area contributed by atoms with Crippen LogP contribution in [0, 0.1) is 0 Å². The Morgan fingerprint density at radius 1 is 1.38 bits per heavy atom. The summed E-state index contributed by atoms with van der Waals surface area (Å²) in [4.78, 5) is 5.83. The van der Waals surface area contributed by atoms with Crippen LogP contribution in [-0.2, 0) is 6.18 Å². The van der Waals surface area contributed by atoms with Crippen LogP contribution < -0.4 is 4.90 Å². The lowest BCUT2D eigenvalue weighted by Crippen LogP contribution is -2.22. The van der Waals surface area contributed by atoms with Crippen molar-refractivity contribution in [1.29, 1.82) is 0 Å². The molecule has 2 heterocycles. The number of anilines is 1. The summed E-state index contributed by atoms with van der Waals surface area (Å²) < 4.78 is 37.3. The summed E-state index contributed by atoms with van der Waals surface area (Å²) in [6.45, 7) is 1.44. The number of halogens is 4. The monoisotopic (exact) mass is 294 g/mol. The van der Waals surface area contributed by atoms with Crippen LogP contribution >= 0.6 is 15.9 Å². The Morgan fingerprint density at radius 3 is 2.69 bits per heavy atom. The van der Waals surface area contributed by atoms with E-state index in [9.17, 15) is 13.2 Å². The van der Waals surface area contributed by atoms with Crippen LogP contribution in [0.5, 0.6) is 0 Å². The van der Waals surface area contributed by atoms with E-state index in [4.69, 9.17) is 0 Å². The van der Waals surface area contributed by atoms with Crippen LogP contribution in [0.25, 0.3) is 0 Å². The highest BCUT2D eigenvalue weighted by atomic mass is 79.9. The third kappa shape index (κ3) is 2.48. The van der Waals surface area contributed by atoms with Gasteiger partial charge in [0.1, 0.15) is 11.5 Å². The Balaban J connectivity index is 2.23. The first-order chi connectivity index (χ1) is 7.47. The van der Waals surface area contributed by atoms with Gasteiger partial charge >= 0.3 is 6.18 Å². The minimum Gasteiger partial charge on any atom is -0.355 e. The van der Waals surface area contributed by atoms with Gasteiger partial charge in [0.05, 0.1) is 0 Å². The van der Waals surface area contributed by atoms with Crippen LogP contribution in [0.2, 0.25) is 0 Å². The standard InChI is InChI=1S/C10H10BrF3N2/c11-7-4-5-16(6-7)9-3-1-2-8(15-9)10(12,13)14/h1-3,7H,4-6H2. The lowest BCUT2D eigenvalue weighted by molar-refractivity contribution is -0.141. The van der Waals surface area contributed by atoms with Crippen LogP contribution in [0.15, 0.2) is 18.2 Å². The lowest BCUT2D eigenvalue weighted by atomic mass is 10.3. The number of rotatable bonds is 1. The SMILES string of the molecule is FC(F)(F)c1cccc(N2CCC(Br)C2)n1. The first-order valence-corrected chi connectivity index (χ1v) is 5.81. The maximum absolute atomic E-state index is 12.4. The number of pyridine rings is 1. The largest absolute Gasteiger partial charge is 0.433 e. The third-order valence-electron chi connectivity index (χ3n) is 2.48. The predicted molar refractivity (Wildman–Crippen MR) is 58.8 cm³/mol. The highest BCUT2D eigenvalue weighted by Crippen LogP contribution is 2.30. The lowest BCUT2D eigenvalue weighted by Gasteiger charge is -2.17. The molecule has 1 aliphatic heterocycles. The summed E-state index contributed by atoms with van der Waals surface area (Å²) >= 11 is 3.44. The molecule has 1 aliphatic rings. The van der Waals surface area contributed by atoms with Gasteiger partial charge in [0, 0.05) is 17.9 Å². The van der Waals surface area contributed by atoms with E-state index >= 15 is 0 Å². The van der Waals surface area contributed by atoms with Gasteiger partial charge in [-0.2, -0.15) is 13.2 Å². The average Bonchev–Trinajstić information content (AvgIpc) is 2.64. The molecule has 0 spiro atoms. The van der Waals surface area contributed by atoms with E-state index in [0.717, 1.165) is 19.0 Å². The molecule has 0 N–H and O–H groups in total. The molecule has 6 heteroatoms. The minimum absolute atomic E-state index is 0.337. The van der Waals surface area contributed by atoms with Crippen molar-refractivity contribution in [3.8, 4) is 0 Å². The molecule has 1 aromatic rings. The molecule has 0 aliphatic carbocycles. The molecule has 0 radical (unpaired) electrons. The Morgan fingerprint density at radius 2 is 2.12 bits per heavy atom. The topological polar surface area (TPSA) is 16.1 Å². The second-order valence-electron chi connectivity index (χ2n) is 3.71. The molecule has 0 bridgehead atoms. The van der Waals surface area contributed by atoms with E-state index in [2.05, 4.69) is 20.9 Å². The van der Waals surface area contributed by atoms with Gasteiger partial charge in [-0.25, -0.2) is 4.98 Å². The summed E-state index contributed by atoms with van der Waals surface area (Å²) in [5.41, 5.74) is -0.831. The molecule has 16 heavy (non-hydrogen) atoms. The fourth-order valence-corrected chi connectivity index (χ4v) is 2.24. The van der Waals surface area contributed by atoms with Crippen LogP contribution in [0.1, 0.15) is 12.1 Å². The van der Waals surface area contributed by atoms with Gasteiger partial charge in [-0.15, -0.1) is 0 Å². The molecular formula is C10H10BrF3N2. The maximum Gasteiger partial charge on any atom is 0.433 e. The van der Waals surface area contributed by atoms with Crippen LogP contribution in [-0.4, -0.2) is 22.9 Å². The highest BCUT2D eigenvalue weighted by molar-refractivity contribution is 9.09. The van der Waals surface area contributed by atoms with Gasteiger partial charge in [0.15, 0.2) is 0 Å². The number of aromatic nitrogens is 1. The zero-order chi connectivity index (χ0) is 11.8. The Bertz CT molecular complexity index is 381. The zero-order valence-electron chi connectivity index (χ0n) is 8.34. The summed E-state index contributed by atoms with van der Waals surface area (Å²) in [7, 11) is 0. The van der Waals surface area contributed by atoms with E-state index in [-0.39, 0.29) is 0 Å². The second-order valence-corrected chi connectivity index (χ2v) is 5.01. The molecular weight excluding hydrogens is 285 g/mol. The first kappa shape index (κ1) is 11.7. The highest BCUT2D eigenvalue weighted by Gasteiger charge is 2.33. The van der Waals surface area contributed by atoms with Crippen molar-refractivity contribution < 1.29 is 13.2 Å². The normalized spacial score (nSPS) is 21.5. The van der Waals surface area contributed by atoms with Crippen molar-refractivity contribution in [1.82, 2.24) is 4.98 Å². The molecule has 0 aromatic carbocycles. The maximum atomic E-state index is 12.4. The van der Waals surface area contributed by atoms with Gasteiger partial charge in [-0.05, 0) is 18.6 Å². The van der Waals surface area contributed by atoms with Crippen molar-refractivity contribution in [2.24, 2.45) is 0 Å². The Labute approximate surface area is 99.6 Å². The smallest absolute Gasteiger partial charge is 0.355 e. The van der Waals surface area contributed by atoms with Crippen molar-refractivity contribution >= 4 is 21.7 Å². The fraction of sp³-hybridized carbons (Fsp3) is 0.500. The molecule has 1 unspecified atom stereocenters. The van der Waals surface area contributed by atoms with Gasteiger partial charge < -0.3 is 4.90 Å². The molecule has 0 amide bonds. The van der Waals surface area contributed by atoms with E-state index < -0.39 is 11.9 Å². The summed E-state index contributed by atoms with van der Waals surface area (Å²) in [6, 6.07) is 4.00. The summed E-state index contributed by atoms with van der Waals surface area (Å²) in [5, 5.41) is 0. The molecule has 2 rings (SSSR count). The zero-order valence-corrected chi connectivity index (χ0v) is 9.92. The fourth-order valence-electron chi connectivity index (χ4n) is 1.68. The van der Waals surface area contributed by atoms with Crippen LogP contribution in [0.3, 0.4) is 0 Å². The number of hydrogen-bond acceptors (Lipinski definition) is 2. The van der Waals surface area contributed by atoms with Crippen molar-refractivity contribution in [2.75, 3.05) is 18.0 Å². The van der Waals surface area contributed by atoms with E-state index in [1.54, 1.807) is 6.07 Å². The summed E-state index contributed by atoms with van der Waals surface area (Å²) in [6.07, 6.45) is -3.44. The minimum atomic E-state index is -4.37. The van der Waals surface area contributed by atoms with Crippen LogP contribution in [0.4, 0.5) is 19.0 Å². The number of alkyl halides is 4. The number of hydrogen-bond donors (Lipinski definition) is 0. The molecule has 2 nitrogen and oxygen atoms in total. The van der Waals surface area contributed by atoms with Gasteiger partial charge in [-0.3, -0.25) is 0 Å². The van der Waals surface area contributed by atoms with Crippen molar-refractivity contribution in [3.05, 3.63) is 23.9 Å². The average molecular weight is 295 g/mol. The Hall–Kier alpha value is -0.780. The Kier molecular flexibility index (Phi) is 3.10. The second kappa shape index (κ2) is 4.24. The van der Waals surface area contributed by atoms with E-state index in [0.29, 0.717) is 17.2 Å².